The molecule has 0 aliphatic heterocycles. The summed E-state index contributed by atoms with van der Waals surface area (Å²) < 4.78 is 10.6. The van der Waals surface area contributed by atoms with E-state index in [2.05, 4.69) is 15.1 Å². The second-order valence-corrected chi connectivity index (χ2v) is 5.93. The molecule has 0 bridgehead atoms. The first-order chi connectivity index (χ1) is 11.7. The van der Waals surface area contributed by atoms with Gasteiger partial charge in [-0.25, -0.2) is 0 Å². The number of pyridine rings is 1. The van der Waals surface area contributed by atoms with Crippen LogP contribution in [0.15, 0.2) is 53.3 Å². The van der Waals surface area contributed by atoms with Crippen LogP contribution in [0, 0.1) is 11.8 Å². The third kappa shape index (κ3) is 2.90. The van der Waals surface area contributed by atoms with Crippen LogP contribution in [0.2, 0.25) is 0 Å². The van der Waals surface area contributed by atoms with E-state index in [4.69, 9.17) is 9.26 Å². The van der Waals surface area contributed by atoms with Gasteiger partial charge in [0.1, 0.15) is 5.75 Å². The Balaban J connectivity index is 1.49. The van der Waals surface area contributed by atoms with E-state index in [1.165, 1.54) is 0 Å². The molecule has 2 heterocycles. The normalized spacial score (nSPS) is 19.0. The zero-order valence-corrected chi connectivity index (χ0v) is 13.0. The minimum Gasteiger partial charge on any atom is -0.426 e. The molecule has 1 saturated carbocycles. The summed E-state index contributed by atoms with van der Waals surface area (Å²) in [5.41, 5.74) is 1.55. The summed E-state index contributed by atoms with van der Waals surface area (Å²) in [6, 6.07) is 10.7. The summed E-state index contributed by atoms with van der Waals surface area (Å²) in [5, 5.41) is 3.98. The lowest BCUT2D eigenvalue weighted by atomic mass is 10.2. The number of hydrogen-bond donors (Lipinski definition) is 0. The predicted octanol–water partition coefficient (Wildman–Crippen LogP) is 3.36. The van der Waals surface area contributed by atoms with E-state index in [1.54, 1.807) is 36.7 Å². The van der Waals surface area contributed by atoms with Crippen LogP contribution in [0.1, 0.15) is 13.3 Å². The molecule has 0 amide bonds. The van der Waals surface area contributed by atoms with E-state index >= 15 is 0 Å². The number of benzene rings is 1. The third-order valence-corrected chi connectivity index (χ3v) is 4.08. The number of hydrogen-bond acceptors (Lipinski definition) is 6. The molecule has 0 radical (unpaired) electrons. The molecule has 2 aromatic heterocycles. The van der Waals surface area contributed by atoms with E-state index in [0.29, 0.717) is 23.4 Å². The Morgan fingerprint density at radius 2 is 2.00 bits per heavy atom. The minimum atomic E-state index is -0.159. The monoisotopic (exact) mass is 321 g/mol. The van der Waals surface area contributed by atoms with Gasteiger partial charge in [0.05, 0.1) is 11.5 Å². The van der Waals surface area contributed by atoms with Crippen LogP contribution in [0.4, 0.5) is 0 Å². The van der Waals surface area contributed by atoms with Gasteiger partial charge < -0.3 is 9.26 Å². The van der Waals surface area contributed by atoms with Crippen LogP contribution in [0.5, 0.6) is 5.75 Å². The van der Waals surface area contributed by atoms with Gasteiger partial charge in [0.2, 0.25) is 5.82 Å². The molecule has 0 spiro atoms. The van der Waals surface area contributed by atoms with Crippen molar-refractivity contribution in [3.05, 3.63) is 48.8 Å². The lowest BCUT2D eigenvalue weighted by Crippen LogP contribution is -2.10. The molecule has 3 aromatic rings. The SMILES string of the molecule is C[C@@H]1C[C@H]1C(=O)Oc1ccc(-c2noc(-c3cccnc3)n2)cc1. The second-order valence-electron chi connectivity index (χ2n) is 5.93. The van der Waals surface area contributed by atoms with Crippen molar-refractivity contribution in [1.82, 2.24) is 15.1 Å². The fraction of sp³-hybridized carbons (Fsp3) is 0.222. The summed E-state index contributed by atoms with van der Waals surface area (Å²) in [5.74, 6) is 1.73. The van der Waals surface area contributed by atoms with Crippen molar-refractivity contribution in [3.63, 3.8) is 0 Å². The lowest BCUT2D eigenvalue weighted by Gasteiger charge is -2.03. The molecular formula is C18H15N3O3. The highest BCUT2D eigenvalue weighted by Crippen LogP contribution is 2.38. The van der Waals surface area contributed by atoms with Gasteiger partial charge in [-0.2, -0.15) is 4.98 Å². The summed E-state index contributed by atoms with van der Waals surface area (Å²) >= 11 is 0. The standard InChI is InChI=1S/C18H15N3O3/c1-11-9-15(11)18(22)23-14-6-4-12(5-7-14)16-20-17(24-21-16)13-3-2-8-19-10-13/h2-8,10-11,15H,9H2,1H3/t11-,15-/m1/s1. The fourth-order valence-electron chi connectivity index (χ4n) is 2.46. The summed E-state index contributed by atoms with van der Waals surface area (Å²) in [6.07, 6.45) is 4.26. The third-order valence-electron chi connectivity index (χ3n) is 4.08. The van der Waals surface area contributed by atoms with Crippen molar-refractivity contribution in [2.75, 3.05) is 0 Å². The van der Waals surface area contributed by atoms with Crippen LogP contribution in [0.25, 0.3) is 22.8 Å². The van der Waals surface area contributed by atoms with Crippen molar-refractivity contribution >= 4 is 5.97 Å². The molecule has 0 saturated heterocycles. The minimum absolute atomic E-state index is 0.0453. The Hall–Kier alpha value is -3.02. The van der Waals surface area contributed by atoms with Gasteiger partial charge in [-0.1, -0.05) is 12.1 Å². The summed E-state index contributed by atoms with van der Waals surface area (Å²) in [4.78, 5) is 20.2. The Morgan fingerprint density at radius 1 is 1.21 bits per heavy atom. The molecule has 4 rings (SSSR count). The quantitative estimate of drug-likeness (QED) is 0.541. The van der Waals surface area contributed by atoms with E-state index in [-0.39, 0.29) is 11.9 Å². The maximum Gasteiger partial charge on any atom is 0.314 e. The second kappa shape index (κ2) is 5.88. The first-order valence-electron chi connectivity index (χ1n) is 7.77. The Morgan fingerprint density at radius 3 is 2.67 bits per heavy atom. The molecule has 1 aliphatic rings. The van der Waals surface area contributed by atoms with E-state index < -0.39 is 0 Å². The van der Waals surface area contributed by atoms with E-state index in [9.17, 15) is 4.79 Å². The number of nitrogens with zero attached hydrogens (tertiary/aromatic N) is 3. The molecule has 6 heteroatoms. The summed E-state index contributed by atoms with van der Waals surface area (Å²) in [6.45, 7) is 2.05. The average Bonchev–Trinajstić information content (AvgIpc) is 3.16. The zero-order chi connectivity index (χ0) is 16.5. The summed E-state index contributed by atoms with van der Waals surface area (Å²) in [7, 11) is 0. The van der Waals surface area contributed by atoms with Gasteiger partial charge >= 0.3 is 5.97 Å². The van der Waals surface area contributed by atoms with Crippen LogP contribution in [-0.2, 0) is 4.79 Å². The van der Waals surface area contributed by atoms with Crippen LogP contribution >= 0.6 is 0 Å². The highest BCUT2D eigenvalue weighted by molar-refractivity contribution is 5.78. The molecule has 0 N–H and O–H groups in total. The molecule has 24 heavy (non-hydrogen) atoms. The number of carbonyl (C=O) groups is 1. The van der Waals surface area contributed by atoms with Crippen LogP contribution < -0.4 is 4.74 Å². The van der Waals surface area contributed by atoms with Gasteiger partial charge in [-0.05, 0) is 48.7 Å². The fourth-order valence-corrected chi connectivity index (χ4v) is 2.46. The zero-order valence-electron chi connectivity index (χ0n) is 13.0. The molecule has 1 aliphatic carbocycles. The number of ether oxygens (including phenoxy) is 1. The van der Waals surface area contributed by atoms with Crippen molar-refractivity contribution in [3.8, 4) is 28.6 Å². The largest absolute Gasteiger partial charge is 0.426 e. The van der Waals surface area contributed by atoms with Crippen LogP contribution in [-0.4, -0.2) is 21.1 Å². The lowest BCUT2D eigenvalue weighted by molar-refractivity contribution is -0.136. The number of rotatable bonds is 4. The van der Waals surface area contributed by atoms with Gasteiger partial charge in [-0.15, -0.1) is 0 Å². The predicted molar refractivity (Wildman–Crippen MR) is 85.9 cm³/mol. The van der Waals surface area contributed by atoms with Gasteiger partial charge in [-0.3, -0.25) is 9.78 Å². The first-order valence-corrected chi connectivity index (χ1v) is 7.77. The highest BCUT2D eigenvalue weighted by atomic mass is 16.5. The van der Waals surface area contributed by atoms with E-state index in [0.717, 1.165) is 17.5 Å². The van der Waals surface area contributed by atoms with Crippen molar-refractivity contribution in [1.29, 1.82) is 0 Å². The van der Waals surface area contributed by atoms with Gasteiger partial charge in [0.25, 0.3) is 5.89 Å². The Kier molecular flexibility index (Phi) is 3.57. The molecule has 120 valence electrons. The van der Waals surface area contributed by atoms with E-state index in [1.807, 2.05) is 19.1 Å². The first kappa shape index (κ1) is 14.6. The Bertz CT molecular complexity index is 859. The smallest absolute Gasteiger partial charge is 0.314 e. The molecule has 0 unspecified atom stereocenters. The van der Waals surface area contributed by atoms with Gasteiger partial charge in [0, 0.05) is 18.0 Å². The average molecular weight is 321 g/mol. The molecule has 1 aromatic carbocycles. The molecule has 2 atom stereocenters. The van der Waals surface area contributed by atoms with Crippen molar-refractivity contribution < 1.29 is 14.1 Å². The van der Waals surface area contributed by atoms with Crippen molar-refractivity contribution in [2.45, 2.75) is 13.3 Å². The molecular weight excluding hydrogens is 306 g/mol. The van der Waals surface area contributed by atoms with Crippen LogP contribution in [0.3, 0.4) is 0 Å². The number of esters is 1. The number of carbonyl (C=O) groups excluding carboxylic acids is 1. The highest BCUT2D eigenvalue weighted by Gasteiger charge is 2.40. The molecule has 1 fully saturated rings. The van der Waals surface area contributed by atoms with Gasteiger partial charge in [0.15, 0.2) is 0 Å². The topological polar surface area (TPSA) is 78.1 Å². The molecule has 6 nitrogen and oxygen atoms in total. The Labute approximate surface area is 138 Å². The maximum absolute atomic E-state index is 11.8. The maximum atomic E-state index is 11.8. The number of aromatic nitrogens is 3. The van der Waals surface area contributed by atoms with Crippen molar-refractivity contribution in [2.24, 2.45) is 11.8 Å².